The number of pyridine rings is 1. The number of rotatable bonds is 4. The standard InChI is InChI=1S/C15H13N5O5/c1-8-10(7-16)14(21)19(2)15(22)13(8)18-17-11-5-4-9(25-3)6-12(11)20(23)24/h4-6,21H,1-3H3. The Morgan fingerprint density at radius 3 is 2.64 bits per heavy atom. The fourth-order valence-corrected chi connectivity index (χ4v) is 2.09. The number of methoxy groups -OCH3 is 1. The lowest BCUT2D eigenvalue weighted by atomic mass is 10.1. The van der Waals surface area contributed by atoms with E-state index in [9.17, 15) is 20.0 Å². The number of azo groups is 1. The minimum atomic E-state index is -0.686. The fourth-order valence-electron chi connectivity index (χ4n) is 2.09. The first-order valence-corrected chi connectivity index (χ1v) is 6.88. The summed E-state index contributed by atoms with van der Waals surface area (Å²) in [6.07, 6.45) is 0. The Morgan fingerprint density at radius 1 is 1.40 bits per heavy atom. The average molecular weight is 343 g/mol. The molecule has 0 amide bonds. The van der Waals surface area contributed by atoms with Gasteiger partial charge in [-0.1, -0.05) is 0 Å². The molecule has 128 valence electrons. The summed E-state index contributed by atoms with van der Waals surface area (Å²) in [7, 11) is 2.64. The van der Waals surface area contributed by atoms with Crippen molar-refractivity contribution in [3.8, 4) is 17.7 Å². The fraction of sp³-hybridized carbons (Fsp3) is 0.200. The number of nitrogens with zero attached hydrogens (tertiary/aromatic N) is 5. The molecule has 2 aromatic rings. The van der Waals surface area contributed by atoms with Gasteiger partial charge in [-0.15, -0.1) is 10.2 Å². The van der Waals surface area contributed by atoms with Crippen LogP contribution < -0.4 is 10.3 Å². The predicted molar refractivity (Wildman–Crippen MR) is 86.6 cm³/mol. The van der Waals surface area contributed by atoms with Gasteiger partial charge >= 0.3 is 0 Å². The molecule has 1 aromatic carbocycles. The topological polar surface area (TPSA) is 143 Å². The highest BCUT2D eigenvalue weighted by Gasteiger charge is 2.18. The van der Waals surface area contributed by atoms with Gasteiger partial charge in [-0.3, -0.25) is 19.5 Å². The van der Waals surface area contributed by atoms with E-state index in [2.05, 4.69) is 10.2 Å². The van der Waals surface area contributed by atoms with Crippen molar-refractivity contribution in [3.05, 3.63) is 49.8 Å². The Balaban J connectivity index is 2.62. The molecule has 0 fully saturated rings. The van der Waals surface area contributed by atoms with Crippen LogP contribution >= 0.6 is 0 Å². The molecule has 0 aliphatic rings. The molecular weight excluding hydrogens is 330 g/mol. The van der Waals surface area contributed by atoms with Gasteiger partial charge in [0.2, 0.25) is 5.88 Å². The van der Waals surface area contributed by atoms with Crippen molar-refractivity contribution < 1.29 is 14.8 Å². The maximum absolute atomic E-state index is 12.2. The number of benzene rings is 1. The molecule has 25 heavy (non-hydrogen) atoms. The molecule has 2 rings (SSSR count). The summed E-state index contributed by atoms with van der Waals surface area (Å²) >= 11 is 0. The van der Waals surface area contributed by atoms with E-state index in [4.69, 9.17) is 10.00 Å². The molecule has 1 aromatic heterocycles. The molecule has 0 radical (unpaired) electrons. The third-order valence-electron chi connectivity index (χ3n) is 3.53. The van der Waals surface area contributed by atoms with E-state index >= 15 is 0 Å². The molecule has 1 N–H and O–H groups in total. The minimum absolute atomic E-state index is 0.0844. The third kappa shape index (κ3) is 3.16. The van der Waals surface area contributed by atoms with E-state index in [0.717, 1.165) is 4.57 Å². The van der Waals surface area contributed by atoms with E-state index in [0.29, 0.717) is 0 Å². The molecule has 0 unspecified atom stereocenters. The van der Waals surface area contributed by atoms with E-state index in [1.165, 1.54) is 39.3 Å². The van der Waals surface area contributed by atoms with Gasteiger partial charge in [-0.05, 0) is 19.1 Å². The van der Waals surface area contributed by atoms with Gasteiger partial charge in [-0.2, -0.15) is 5.26 Å². The molecule has 0 aliphatic heterocycles. The maximum Gasteiger partial charge on any atom is 0.300 e. The van der Waals surface area contributed by atoms with Crippen molar-refractivity contribution in [1.82, 2.24) is 4.57 Å². The van der Waals surface area contributed by atoms with Crippen LogP contribution in [0, 0.1) is 28.4 Å². The second kappa shape index (κ2) is 6.79. The van der Waals surface area contributed by atoms with Crippen molar-refractivity contribution in [2.24, 2.45) is 17.3 Å². The molecule has 0 spiro atoms. The lowest BCUT2D eigenvalue weighted by Gasteiger charge is -2.08. The SMILES string of the molecule is COc1ccc(N=Nc2c(C)c(C#N)c(O)n(C)c2=O)c([N+](=O)[O-])c1. The Morgan fingerprint density at radius 2 is 2.08 bits per heavy atom. The molecular formula is C15H13N5O5. The van der Waals surface area contributed by atoms with Gasteiger partial charge in [0.1, 0.15) is 17.4 Å². The number of ether oxygens (including phenoxy) is 1. The second-order valence-electron chi connectivity index (χ2n) is 4.96. The van der Waals surface area contributed by atoms with Crippen LogP contribution in [-0.4, -0.2) is 21.7 Å². The number of hydrogen-bond donors (Lipinski definition) is 1. The first-order chi connectivity index (χ1) is 11.8. The molecule has 0 saturated carbocycles. The van der Waals surface area contributed by atoms with Gasteiger partial charge in [0.05, 0.1) is 18.1 Å². The number of nitriles is 1. The summed E-state index contributed by atoms with van der Waals surface area (Å²) in [6.45, 7) is 1.43. The number of nitro groups is 1. The van der Waals surface area contributed by atoms with Crippen LogP contribution in [0.25, 0.3) is 0 Å². The summed E-state index contributed by atoms with van der Waals surface area (Å²) in [5, 5.41) is 37.6. The van der Waals surface area contributed by atoms with Gasteiger partial charge in [0.15, 0.2) is 11.4 Å². The largest absolute Gasteiger partial charge is 0.496 e. The second-order valence-corrected chi connectivity index (χ2v) is 4.96. The quantitative estimate of drug-likeness (QED) is 0.513. The van der Waals surface area contributed by atoms with Crippen molar-refractivity contribution >= 4 is 17.1 Å². The van der Waals surface area contributed by atoms with Crippen molar-refractivity contribution in [1.29, 1.82) is 5.26 Å². The van der Waals surface area contributed by atoms with Crippen LogP contribution in [0.2, 0.25) is 0 Å². The predicted octanol–water partition coefficient (Wildman–Crippen LogP) is 2.60. The van der Waals surface area contributed by atoms with Gasteiger partial charge in [0, 0.05) is 12.6 Å². The van der Waals surface area contributed by atoms with Crippen LogP contribution in [0.1, 0.15) is 11.1 Å². The van der Waals surface area contributed by atoms with E-state index in [-0.39, 0.29) is 33.9 Å². The number of nitro benzene ring substituents is 1. The highest BCUT2D eigenvalue weighted by atomic mass is 16.6. The Labute approximate surface area is 141 Å². The monoisotopic (exact) mass is 343 g/mol. The van der Waals surface area contributed by atoms with E-state index in [1.54, 1.807) is 6.07 Å². The summed E-state index contributed by atoms with van der Waals surface area (Å²) in [5.41, 5.74) is -1.31. The number of aromatic hydroxyl groups is 1. The summed E-state index contributed by atoms with van der Waals surface area (Å²) < 4.78 is 5.78. The van der Waals surface area contributed by atoms with Crippen molar-refractivity contribution in [3.63, 3.8) is 0 Å². The Kier molecular flexibility index (Phi) is 4.79. The van der Waals surface area contributed by atoms with E-state index in [1.807, 2.05) is 0 Å². The number of aromatic nitrogens is 1. The average Bonchev–Trinajstić information content (AvgIpc) is 2.60. The Bertz CT molecular complexity index is 987. The first-order valence-electron chi connectivity index (χ1n) is 6.88. The highest BCUT2D eigenvalue weighted by molar-refractivity contribution is 5.61. The normalized spacial score (nSPS) is 10.6. The zero-order valence-corrected chi connectivity index (χ0v) is 13.5. The molecule has 0 saturated heterocycles. The smallest absolute Gasteiger partial charge is 0.300 e. The minimum Gasteiger partial charge on any atom is -0.496 e. The lowest BCUT2D eigenvalue weighted by molar-refractivity contribution is -0.384. The van der Waals surface area contributed by atoms with Crippen molar-refractivity contribution in [2.45, 2.75) is 6.92 Å². The zero-order valence-electron chi connectivity index (χ0n) is 13.5. The highest BCUT2D eigenvalue weighted by Crippen LogP contribution is 2.33. The summed E-state index contributed by atoms with van der Waals surface area (Å²) in [6, 6.07) is 5.74. The summed E-state index contributed by atoms with van der Waals surface area (Å²) in [5.74, 6) is -0.214. The number of hydrogen-bond acceptors (Lipinski definition) is 8. The lowest BCUT2D eigenvalue weighted by Crippen LogP contribution is -2.18. The van der Waals surface area contributed by atoms with Gasteiger partial charge in [-0.25, -0.2) is 0 Å². The van der Waals surface area contributed by atoms with Crippen LogP contribution in [0.3, 0.4) is 0 Å². The third-order valence-corrected chi connectivity index (χ3v) is 3.53. The molecule has 0 bridgehead atoms. The molecule has 1 heterocycles. The zero-order chi connectivity index (χ0) is 18.7. The molecule has 0 atom stereocenters. The molecule has 10 nitrogen and oxygen atoms in total. The van der Waals surface area contributed by atoms with Gasteiger partial charge in [0.25, 0.3) is 11.2 Å². The molecule has 10 heteroatoms. The van der Waals surface area contributed by atoms with Crippen LogP contribution in [0.4, 0.5) is 17.1 Å². The van der Waals surface area contributed by atoms with Crippen LogP contribution in [0.15, 0.2) is 33.2 Å². The first kappa shape index (κ1) is 17.6. The van der Waals surface area contributed by atoms with Crippen LogP contribution in [0.5, 0.6) is 11.6 Å². The van der Waals surface area contributed by atoms with Gasteiger partial charge < -0.3 is 9.84 Å². The Hall–Kier alpha value is -3.74. The van der Waals surface area contributed by atoms with Crippen molar-refractivity contribution in [2.75, 3.05) is 7.11 Å². The van der Waals surface area contributed by atoms with Crippen LogP contribution in [-0.2, 0) is 7.05 Å². The summed E-state index contributed by atoms with van der Waals surface area (Å²) in [4.78, 5) is 22.7. The maximum atomic E-state index is 12.2. The van der Waals surface area contributed by atoms with E-state index < -0.39 is 16.4 Å². The molecule has 0 aliphatic carbocycles.